The number of halogens is 1. The number of para-hydroxylation sites is 2. The van der Waals surface area contributed by atoms with Gasteiger partial charge < -0.3 is 24.8 Å². The molecule has 0 unspecified atom stereocenters. The Morgan fingerprint density at radius 3 is 2.84 bits per heavy atom. The van der Waals surface area contributed by atoms with Gasteiger partial charge in [0.05, 0.1) is 18.5 Å². The summed E-state index contributed by atoms with van der Waals surface area (Å²) in [6.45, 7) is -0.517. The van der Waals surface area contributed by atoms with Crippen LogP contribution in [-0.4, -0.2) is 32.1 Å². The maximum atomic E-state index is 13.7. The van der Waals surface area contributed by atoms with E-state index < -0.39 is 17.6 Å². The van der Waals surface area contributed by atoms with E-state index in [9.17, 15) is 14.0 Å². The normalized spacial score (nSPS) is 12.5. The zero-order valence-electron chi connectivity index (χ0n) is 13.3. The maximum absolute atomic E-state index is 13.7. The summed E-state index contributed by atoms with van der Waals surface area (Å²) in [7, 11) is 1.49. The third kappa shape index (κ3) is 3.79. The summed E-state index contributed by atoms with van der Waals surface area (Å²) >= 11 is 0. The fraction of sp³-hybridized carbons (Fsp3) is 0.176. The third-order valence-corrected chi connectivity index (χ3v) is 3.38. The Kier molecular flexibility index (Phi) is 4.69. The van der Waals surface area contributed by atoms with Crippen LogP contribution in [0.2, 0.25) is 0 Å². The molecule has 25 heavy (non-hydrogen) atoms. The Balaban J connectivity index is 1.70. The van der Waals surface area contributed by atoms with E-state index in [0.717, 1.165) is 12.1 Å². The summed E-state index contributed by atoms with van der Waals surface area (Å²) < 4.78 is 29.5. The molecule has 7 nitrogen and oxygen atoms in total. The van der Waals surface area contributed by atoms with Crippen molar-refractivity contribution in [3.8, 4) is 17.2 Å². The maximum Gasteiger partial charge on any atom is 0.262 e. The van der Waals surface area contributed by atoms with Crippen LogP contribution in [0.3, 0.4) is 0 Å². The van der Waals surface area contributed by atoms with Crippen molar-refractivity contribution in [2.24, 2.45) is 0 Å². The van der Waals surface area contributed by atoms with Gasteiger partial charge in [0.25, 0.3) is 11.8 Å². The highest BCUT2D eigenvalue weighted by atomic mass is 19.1. The Hall–Kier alpha value is -3.29. The molecule has 0 fully saturated rings. The summed E-state index contributed by atoms with van der Waals surface area (Å²) in [6.07, 6.45) is 0. The fourth-order valence-electron chi connectivity index (χ4n) is 2.33. The van der Waals surface area contributed by atoms with Gasteiger partial charge >= 0.3 is 0 Å². The lowest BCUT2D eigenvalue weighted by Gasteiger charge is -2.21. The first-order valence-corrected chi connectivity index (χ1v) is 7.38. The van der Waals surface area contributed by atoms with E-state index in [1.165, 1.54) is 7.11 Å². The zero-order chi connectivity index (χ0) is 17.8. The lowest BCUT2D eigenvalue weighted by molar-refractivity contribution is -0.118. The molecule has 2 aromatic carbocycles. The molecule has 3 rings (SSSR count). The summed E-state index contributed by atoms with van der Waals surface area (Å²) in [5, 5.41) is 5.00. The number of amides is 2. The van der Waals surface area contributed by atoms with Gasteiger partial charge in [-0.05, 0) is 12.1 Å². The smallest absolute Gasteiger partial charge is 0.262 e. The third-order valence-electron chi connectivity index (χ3n) is 3.38. The van der Waals surface area contributed by atoms with Crippen LogP contribution >= 0.6 is 0 Å². The minimum absolute atomic E-state index is 0.114. The largest absolute Gasteiger partial charge is 0.493 e. The van der Waals surface area contributed by atoms with Gasteiger partial charge in [0, 0.05) is 12.1 Å². The number of benzene rings is 2. The average molecular weight is 346 g/mol. The van der Waals surface area contributed by atoms with Crippen LogP contribution in [0.25, 0.3) is 0 Å². The number of hydrogen-bond donors (Lipinski definition) is 2. The second-order valence-electron chi connectivity index (χ2n) is 5.15. The van der Waals surface area contributed by atoms with E-state index in [-0.39, 0.29) is 30.3 Å². The monoisotopic (exact) mass is 346 g/mol. The molecular formula is C17H15FN2O5. The van der Waals surface area contributed by atoms with E-state index in [4.69, 9.17) is 14.2 Å². The topological polar surface area (TPSA) is 85.9 Å². The first-order chi connectivity index (χ1) is 12.1. The van der Waals surface area contributed by atoms with Crippen LogP contribution in [0.15, 0.2) is 36.4 Å². The highest BCUT2D eigenvalue weighted by Crippen LogP contribution is 2.36. The van der Waals surface area contributed by atoms with Crippen LogP contribution in [0.1, 0.15) is 0 Å². The van der Waals surface area contributed by atoms with Crippen molar-refractivity contribution in [2.45, 2.75) is 0 Å². The molecule has 2 aromatic rings. The lowest BCUT2D eigenvalue weighted by Crippen LogP contribution is -2.27. The summed E-state index contributed by atoms with van der Waals surface area (Å²) in [4.78, 5) is 23.4. The Morgan fingerprint density at radius 2 is 2.08 bits per heavy atom. The molecule has 1 heterocycles. The number of nitrogens with one attached hydrogen (secondary N) is 2. The molecule has 130 valence electrons. The van der Waals surface area contributed by atoms with Crippen LogP contribution < -0.4 is 24.8 Å². The SMILES string of the molecule is COc1ccccc1OCC(=O)Nc1cc(F)cc2c1OCC(=O)N2. The number of carbonyl (C=O) groups excluding carboxylic acids is 2. The van der Waals surface area contributed by atoms with E-state index in [2.05, 4.69) is 10.6 Å². The molecule has 1 aliphatic rings. The van der Waals surface area contributed by atoms with E-state index in [1.54, 1.807) is 24.3 Å². The molecule has 1 aliphatic heterocycles. The van der Waals surface area contributed by atoms with Crippen LogP contribution in [0.5, 0.6) is 17.2 Å². The van der Waals surface area contributed by atoms with Gasteiger partial charge in [-0.1, -0.05) is 12.1 Å². The molecule has 0 atom stereocenters. The molecule has 0 spiro atoms. The average Bonchev–Trinajstić information content (AvgIpc) is 2.59. The van der Waals surface area contributed by atoms with Crippen LogP contribution in [0.4, 0.5) is 15.8 Å². The molecule has 2 amide bonds. The number of rotatable bonds is 5. The minimum atomic E-state index is -0.620. The fourth-order valence-corrected chi connectivity index (χ4v) is 2.33. The molecular weight excluding hydrogens is 331 g/mol. The van der Waals surface area contributed by atoms with Gasteiger partial charge in [-0.3, -0.25) is 9.59 Å². The van der Waals surface area contributed by atoms with Crippen molar-refractivity contribution in [1.29, 1.82) is 0 Å². The van der Waals surface area contributed by atoms with Crippen molar-refractivity contribution in [3.05, 3.63) is 42.2 Å². The molecule has 8 heteroatoms. The predicted octanol–water partition coefficient (Wildman–Crippen LogP) is 2.18. The number of methoxy groups -OCH3 is 1. The lowest BCUT2D eigenvalue weighted by atomic mass is 10.2. The number of carbonyl (C=O) groups is 2. The van der Waals surface area contributed by atoms with Crippen molar-refractivity contribution < 1.29 is 28.2 Å². The summed E-state index contributed by atoms with van der Waals surface area (Å²) in [5.74, 6) is -0.430. The van der Waals surface area contributed by atoms with Gasteiger partial charge in [-0.2, -0.15) is 0 Å². The van der Waals surface area contributed by atoms with Crippen molar-refractivity contribution >= 4 is 23.2 Å². The minimum Gasteiger partial charge on any atom is -0.493 e. The molecule has 0 bridgehead atoms. The van der Waals surface area contributed by atoms with E-state index >= 15 is 0 Å². The molecule has 0 saturated heterocycles. The van der Waals surface area contributed by atoms with Gasteiger partial charge in [-0.15, -0.1) is 0 Å². The van der Waals surface area contributed by atoms with E-state index in [0.29, 0.717) is 11.5 Å². The summed E-state index contributed by atoms with van der Waals surface area (Å²) in [6, 6.07) is 9.11. The molecule has 2 N–H and O–H groups in total. The molecule has 0 aromatic heterocycles. The van der Waals surface area contributed by atoms with Gasteiger partial charge in [0.2, 0.25) is 0 Å². The molecule has 0 saturated carbocycles. The summed E-state index contributed by atoms with van der Waals surface area (Å²) in [5.41, 5.74) is 0.279. The quantitative estimate of drug-likeness (QED) is 0.867. The second-order valence-corrected chi connectivity index (χ2v) is 5.15. The second kappa shape index (κ2) is 7.08. The van der Waals surface area contributed by atoms with Crippen LogP contribution in [0, 0.1) is 5.82 Å². The van der Waals surface area contributed by atoms with Gasteiger partial charge in [0.15, 0.2) is 30.5 Å². The Morgan fingerprint density at radius 1 is 1.32 bits per heavy atom. The standard InChI is InChI=1S/C17H15FN2O5/c1-23-13-4-2-3-5-14(13)24-8-15(21)19-11-6-10(18)7-12-17(11)25-9-16(22)20-12/h2-7H,8-9H2,1H3,(H,19,21)(H,20,22). The number of fused-ring (bicyclic) bond motifs is 1. The highest BCUT2D eigenvalue weighted by Gasteiger charge is 2.22. The Bertz CT molecular complexity index is 825. The van der Waals surface area contributed by atoms with Crippen molar-refractivity contribution in [1.82, 2.24) is 0 Å². The van der Waals surface area contributed by atoms with E-state index in [1.807, 2.05) is 0 Å². The number of anilines is 2. The number of ether oxygens (including phenoxy) is 3. The van der Waals surface area contributed by atoms with Gasteiger partial charge in [-0.25, -0.2) is 4.39 Å². The zero-order valence-corrected chi connectivity index (χ0v) is 13.3. The van der Waals surface area contributed by atoms with Crippen molar-refractivity contribution in [3.63, 3.8) is 0 Å². The van der Waals surface area contributed by atoms with Crippen molar-refractivity contribution in [2.75, 3.05) is 31.0 Å². The first-order valence-electron chi connectivity index (χ1n) is 7.38. The highest BCUT2D eigenvalue weighted by molar-refractivity contribution is 6.00. The van der Waals surface area contributed by atoms with Gasteiger partial charge in [0.1, 0.15) is 5.82 Å². The van der Waals surface area contributed by atoms with Crippen LogP contribution in [-0.2, 0) is 9.59 Å². The Labute approximate surface area is 142 Å². The molecule has 0 radical (unpaired) electrons. The molecule has 0 aliphatic carbocycles. The predicted molar refractivity (Wildman–Crippen MR) is 87.6 cm³/mol. The number of hydrogen-bond acceptors (Lipinski definition) is 5. The first kappa shape index (κ1) is 16.6.